The molecular formula is C19H24ClNOS. The van der Waals surface area contributed by atoms with Crippen molar-refractivity contribution in [3.63, 3.8) is 0 Å². The van der Waals surface area contributed by atoms with Gasteiger partial charge >= 0.3 is 0 Å². The van der Waals surface area contributed by atoms with Crippen LogP contribution in [0.4, 0.5) is 0 Å². The fourth-order valence-corrected chi connectivity index (χ4v) is 5.30. The van der Waals surface area contributed by atoms with Crippen LogP contribution in [0.15, 0.2) is 28.2 Å². The minimum atomic E-state index is -0.825. The number of hydrogen-bond acceptors (Lipinski definition) is 2. The number of allylic oxidation sites excluding steroid dienone is 1. The lowest BCUT2D eigenvalue weighted by Gasteiger charge is -2.30. The Hall–Kier alpha value is -0.770. The summed E-state index contributed by atoms with van der Waals surface area (Å²) in [5, 5.41) is 0.808. The van der Waals surface area contributed by atoms with Crippen LogP contribution in [-0.2, 0) is 16.6 Å². The van der Waals surface area contributed by atoms with Gasteiger partial charge in [0.2, 0.25) is 0 Å². The molecule has 0 amide bonds. The van der Waals surface area contributed by atoms with E-state index in [4.69, 9.17) is 11.6 Å². The third-order valence-electron chi connectivity index (χ3n) is 4.77. The number of benzene rings is 1. The highest BCUT2D eigenvalue weighted by molar-refractivity contribution is 7.95. The van der Waals surface area contributed by atoms with E-state index in [2.05, 4.69) is 44.8 Å². The molecule has 0 bridgehead atoms. The zero-order valence-corrected chi connectivity index (χ0v) is 15.9. The highest BCUT2D eigenvalue weighted by Gasteiger charge is 2.34. The molecule has 124 valence electrons. The van der Waals surface area contributed by atoms with Crippen molar-refractivity contribution in [3.8, 4) is 0 Å². The van der Waals surface area contributed by atoms with E-state index < -0.39 is 11.2 Å². The molecule has 1 fully saturated rings. The first-order valence-electron chi connectivity index (χ1n) is 8.23. The lowest BCUT2D eigenvalue weighted by Crippen LogP contribution is -2.27. The molecule has 3 rings (SSSR count). The van der Waals surface area contributed by atoms with Crippen LogP contribution in [0.2, 0.25) is 5.02 Å². The van der Waals surface area contributed by atoms with Crippen LogP contribution in [0.1, 0.15) is 56.7 Å². The molecule has 0 aromatic heterocycles. The second-order valence-corrected chi connectivity index (χ2v) is 9.58. The fourth-order valence-electron chi connectivity index (χ4n) is 3.45. The fraction of sp³-hybridized carbons (Fsp3) is 0.526. The normalized spacial score (nSPS) is 24.8. The monoisotopic (exact) mass is 349 g/mol. The quantitative estimate of drug-likeness (QED) is 0.646. The number of halogens is 1. The summed E-state index contributed by atoms with van der Waals surface area (Å²) >= 11 is 5.72. The maximum atomic E-state index is 12.1. The number of aryl methyl sites for hydroxylation is 1. The maximum Gasteiger partial charge on any atom is 0.151 e. The van der Waals surface area contributed by atoms with E-state index in [1.54, 1.807) is 0 Å². The van der Waals surface area contributed by atoms with Crippen LogP contribution in [0, 0.1) is 12.8 Å². The Morgan fingerprint density at radius 3 is 2.74 bits per heavy atom. The molecule has 1 aromatic rings. The van der Waals surface area contributed by atoms with E-state index in [-0.39, 0.29) is 5.41 Å². The van der Waals surface area contributed by atoms with Gasteiger partial charge in [-0.05, 0) is 53.5 Å². The summed E-state index contributed by atoms with van der Waals surface area (Å²) in [6.07, 6.45) is 4.89. The second kappa shape index (κ2) is 6.27. The summed E-state index contributed by atoms with van der Waals surface area (Å²) in [7, 11) is 0. The Kier molecular flexibility index (Phi) is 4.65. The highest BCUT2D eigenvalue weighted by Crippen LogP contribution is 2.37. The van der Waals surface area contributed by atoms with Gasteiger partial charge < -0.3 is 4.55 Å². The standard InChI is InChI=1S/C19H24ClNOS/c1-12-8-15(19(2,3)4)16(20)10-14(12)17-9-13-6-5-7-23(22)18(13)11-21-17/h8,10-11,13H,5-7,9H2,1-4H3. The molecule has 0 saturated carbocycles. The molecule has 2 aliphatic heterocycles. The Balaban J connectivity index is 1.98. The van der Waals surface area contributed by atoms with E-state index in [9.17, 15) is 4.55 Å². The lowest BCUT2D eigenvalue weighted by atomic mass is 9.83. The number of aliphatic imine (C=N–C) groups is 1. The number of fused-ring (bicyclic) bond motifs is 1. The van der Waals surface area contributed by atoms with Crippen molar-refractivity contribution in [1.82, 2.24) is 0 Å². The van der Waals surface area contributed by atoms with Crippen LogP contribution >= 0.6 is 11.6 Å². The SMILES string of the molecule is Cc1cc(C(C)(C)C)c(Cl)cc1C1=NC=C2C(CCC[S+]2[O-])C1. The molecule has 4 heteroatoms. The molecule has 0 aliphatic carbocycles. The Bertz CT molecular complexity index is 687. The van der Waals surface area contributed by atoms with Crippen LogP contribution < -0.4 is 0 Å². The van der Waals surface area contributed by atoms with Crippen molar-refractivity contribution in [2.24, 2.45) is 10.9 Å². The summed E-state index contributed by atoms with van der Waals surface area (Å²) in [5.74, 6) is 1.18. The molecule has 2 unspecified atom stereocenters. The Morgan fingerprint density at radius 2 is 2.04 bits per heavy atom. The summed E-state index contributed by atoms with van der Waals surface area (Å²) in [4.78, 5) is 5.67. The molecule has 2 heterocycles. The first-order valence-corrected chi connectivity index (χ1v) is 9.93. The molecule has 1 aromatic carbocycles. The molecule has 0 radical (unpaired) electrons. The highest BCUT2D eigenvalue weighted by atomic mass is 35.5. The van der Waals surface area contributed by atoms with Gasteiger partial charge in [0.1, 0.15) is 5.75 Å². The van der Waals surface area contributed by atoms with Crippen molar-refractivity contribution < 1.29 is 4.55 Å². The van der Waals surface area contributed by atoms with Crippen molar-refractivity contribution in [2.75, 3.05) is 5.75 Å². The van der Waals surface area contributed by atoms with Gasteiger partial charge in [-0.15, -0.1) is 0 Å². The van der Waals surface area contributed by atoms with Gasteiger partial charge in [-0.1, -0.05) is 38.4 Å². The van der Waals surface area contributed by atoms with Crippen molar-refractivity contribution in [1.29, 1.82) is 0 Å². The molecule has 0 spiro atoms. The molecule has 2 nitrogen and oxygen atoms in total. The molecule has 1 saturated heterocycles. The first kappa shape index (κ1) is 17.1. The predicted octanol–water partition coefficient (Wildman–Crippen LogP) is 5.14. The molecule has 2 aliphatic rings. The second-order valence-electron chi connectivity index (χ2n) is 7.60. The van der Waals surface area contributed by atoms with Gasteiger partial charge in [0, 0.05) is 28.6 Å². The zero-order valence-electron chi connectivity index (χ0n) is 14.3. The van der Waals surface area contributed by atoms with Crippen LogP contribution in [-0.4, -0.2) is 16.0 Å². The Labute approximate surface area is 147 Å². The molecule has 23 heavy (non-hydrogen) atoms. The van der Waals surface area contributed by atoms with Gasteiger partial charge in [-0.2, -0.15) is 0 Å². The van der Waals surface area contributed by atoms with E-state index in [1.807, 2.05) is 6.20 Å². The van der Waals surface area contributed by atoms with E-state index in [0.29, 0.717) is 5.92 Å². The molecule has 2 atom stereocenters. The number of hydrogen-bond donors (Lipinski definition) is 0. The van der Waals surface area contributed by atoms with E-state index in [0.717, 1.165) is 46.2 Å². The van der Waals surface area contributed by atoms with E-state index in [1.165, 1.54) is 11.1 Å². The van der Waals surface area contributed by atoms with Crippen LogP contribution in [0.5, 0.6) is 0 Å². The van der Waals surface area contributed by atoms with E-state index >= 15 is 0 Å². The van der Waals surface area contributed by atoms with Gasteiger partial charge in [0.15, 0.2) is 4.91 Å². The van der Waals surface area contributed by atoms with Crippen molar-refractivity contribution in [2.45, 2.75) is 52.4 Å². The minimum absolute atomic E-state index is 0.0299. The molecular weight excluding hydrogens is 326 g/mol. The van der Waals surface area contributed by atoms with Gasteiger partial charge in [-0.3, -0.25) is 4.99 Å². The smallest absolute Gasteiger partial charge is 0.151 e. The third kappa shape index (κ3) is 3.38. The Morgan fingerprint density at radius 1 is 1.30 bits per heavy atom. The first-order chi connectivity index (χ1) is 10.8. The summed E-state index contributed by atoms with van der Waals surface area (Å²) in [6, 6.07) is 4.26. The van der Waals surface area contributed by atoms with Crippen molar-refractivity contribution in [3.05, 3.63) is 45.0 Å². The number of rotatable bonds is 1. The van der Waals surface area contributed by atoms with Crippen molar-refractivity contribution >= 4 is 28.5 Å². The minimum Gasteiger partial charge on any atom is -0.612 e. The summed E-state index contributed by atoms with van der Waals surface area (Å²) < 4.78 is 12.1. The van der Waals surface area contributed by atoms with Gasteiger partial charge in [-0.25, -0.2) is 0 Å². The van der Waals surface area contributed by atoms with Gasteiger partial charge in [0.25, 0.3) is 0 Å². The summed E-state index contributed by atoms with van der Waals surface area (Å²) in [6.45, 7) is 8.66. The van der Waals surface area contributed by atoms with Crippen LogP contribution in [0.3, 0.4) is 0 Å². The average Bonchev–Trinajstić information content (AvgIpc) is 2.48. The third-order valence-corrected chi connectivity index (χ3v) is 6.70. The topological polar surface area (TPSA) is 35.4 Å². The average molecular weight is 350 g/mol. The summed E-state index contributed by atoms with van der Waals surface area (Å²) in [5.41, 5.74) is 4.63. The lowest BCUT2D eigenvalue weighted by molar-refractivity contribution is 0.529. The molecule has 0 N–H and O–H groups in total. The maximum absolute atomic E-state index is 12.1. The predicted molar refractivity (Wildman–Crippen MR) is 99.9 cm³/mol. The van der Waals surface area contributed by atoms with Gasteiger partial charge in [0.05, 0.1) is 6.20 Å². The van der Waals surface area contributed by atoms with Crippen LogP contribution in [0.25, 0.3) is 0 Å². The zero-order chi connectivity index (χ0) is 16.8. The largest absolute Gasteiger partial charge is 0.612 e. The number of nitrogens with zero attached hydrogens (tertiary/aromatic N) is 1.